The fourth-order valence-electron chi connectivity index (χ4n) is 3.28. The number of nitrogens with one attached hydrogen (secondary N) is 2. The molecule has 0 saturated carbocycles. The molecule has 0 fully saturated rings. The van der Waals surface area contributed by atoms with Crippen LogP contribution in [0.25, 0.3) is 0 Å². The SMILES string of the molecule is CCc1ccccc1NC(=O)[C@@H](Cc1ccccc1)NS(=O)(=O)c1ccc(OC)c(Cl)c1. The number of sulfonamides is 1. The van der Waals surface area contributed by atoms with Crippen molar-refractivity contribution >= 4 is 33.2 Å². The number of ether oxygens (including phenoxy) is 1. The van der Waals surface area contributed by atoms with Crippen LogP contribution < -0.4 is 14.8 Å². The van der Waals surface area contributed by atoms with Gasteiger partial charge in [0, 0.05) is 5.69 Å². The lowest BCUT2D eigenvalue weighted by molar-refractivity contribution is -0.117. The number of hydrogen-bond donors (Lipinski definition) is 2. The van der Waals surface area contributed by atoms with Gasteiger partial charge in [-0.1, -0.05) is 67.1 Å². The van der Waals surface area contributed by atoms with Crippen molar-refractivity contribution in [2.75, 3.05) is 12.4 Å². The zero-order chi connectivity index (χ0) is 23.1. The number of methoxy groups -OCH3 is 1. The minimum atomic E-state index is -4.03. The average Bonchev–Trinajstić information content (AvgIpc) is 2.79. The largest absolute Gasteiger partial charge is 0.495 e. The molecule has 1 atom stereocenters. The molecule has 8 heteroatoms. The number of anilines is 1. The third-order valence-corrected chi connectivity index (χ3v) is 6.75. The summed E-state index contributed by atoms with van der Waals surface area (Å²) in [6, 6.07) is 19.8. The summed E-state index contributed by atoms with van der Waals surface area (Å²) < 4.78 is 33.8. The maximum Gasteiger partial charge on any atom is 0.242 e. The first-order chi connectivity index (χ1) is 15.3. The van der Waals surface area contributed by atoms with Crippen molar-refractivity contribution in [2.45, 2.75) is 30.7 Å². The molecule has 168 valence electrons. The number of para-hydroxylation sites is 1. The molecule has 32 heavy (non-hydrogen) atoms. The van der Waals surface area contributed by atoms with Crippen molar-refractivity contribution in [1.82, 2.24) is 4.72 Å². The molecule has 0 aliphatic heterocycles. The Kier molecular flexibility index (Phi) is 7.90. The van der Waals surface area contributed by atoms with E-state index in [1.807, 2.05) is 55.5 Å². The molecule has 6 nitrogen and oxygen atoms in total. The molecule has 0 spiro atoms. The first-order valence-corrected chi connectivity index (χ1v) is 12.0. The number of rotatable bonds is 9. The van der Waals surface area contributed by atoms with E-state index in [9.17, 15) is 13.2 Å². The number of carbonyl (C=O) groups excluding carboxylic acids is 1. The fourth-order valence-corrected chi connectivity index (χ4v) is 4.82. The lowest BCUT2D eigenvalue weighted by Gasteiger charge is -2.20. The third-order valence-electron chi connectivity index (χ3n) is 4.99. The van der Waals surface area contributed by atoms with Crippen LogP contribution in [0.5, 0.6) is 5.75 Å². The van der Waals surface area contributed by atoms with Gasteiger partial charge in [-0.3, -0.25) is 4.79 Å². The highest BCUT2D eigenvalue weighted by Crippen LogP contribution is 2.27. The predicted molar refractivity (Wildman–Crippen MR) is 127 cm³/mol. The molecular formula is C24H25ClN2O4S. The Hall–Kier alpha value is -2.87. The normalized spacial score (nSPS) is 12.2. The Morgan fingerprint density at radius 1 is 1.03 bits per heavy atom. The van der Waals surface area contributed by atoms with Crippen LogP contribution >= 0.6 is 11.6 Å². The summed E-state index contributed by atoms with van der Waals surface area (Å²) in [6.07, 6.45) is 0.917. The van der Waals surface area contributed by atoms with Gasteiger partial charge in [0.2, 0.25) is 15.9 Å². The average molecular weight is 473 g/mol. The predicted octanol–water partition coefficient (Wildman–Crippen LogP) is 4.44. The van der Waals surface area contributed by atoms with Crippen molar-refractivity contribution in [3.63, 3.8) is 0 Å². The monoisotopic (exact) mass is 472 g/mol. The van der Waals surface area contributed by atoms with Gasteiger partial charge in [0.1, 0.15) is 11.8 Å². The molecule has 0 aliphatic carbocycles. The molecule has 0 aromatic heterocycles. The number of carbonyl (C=O) groups is 1. The lowest BCUT2D eigenvalue weighted by Crippen LogP contribution is -2.45. The Morgan fingerprint density at radius 3 is 2.38 bits per heavy atom. The number of amides is 1. The maximum absolute atomic E-state index is 13.2. The number of hydrogen-bond acceptors (Lipinski definition) is 4. The van der Waals surface area contributed by atoms with E-state index < -0.39 is 22.0 Å². The zero-order valence-electron chi connectivity index (χ0n) is 17.8. The van der Waals surface area contributed by atoms with E-state index in [4.69, 9.17) is 16.3 Å². The summed E-state index contributed by atoms with van der Waals surface area (Å²) in [7, 11) is -2.58. The summed E-state index contributed by atoms with van der Waals surface area (Å²) >= 11 is 6.11. The van der Waals surface area contributed by atoms with Crippen LogP contribution in [-0.2, 0) is 27.7 Å². The molecule has 0 bridgehead atoms. The second-order valence-electron chi connectivity index (χ2n) is 7.16. The summed E-state index contributed by atoms with van der Waals surface area (Å²) in [6.45, 7) is 1.99. The molecule has 0 saturated heterocycles. The molecule has 2 N–H and O–H groups in total. The first-order valence-electron chi connectivity index (χ1n) is 10.1. The lowest BCUT2D eigenvalue weighted by atomic mass is 10.1. The van der Waals surface area contributed by atoms with Crippen LogP contribution in [0.2, 0.25) is 5.02 Å². The Bertz CT molecular complexity index is 1180. The van der Waals surface area contributed by atoms with Crippen molar-refractivity contribution in [1.29, 1.82) is 0 Å². The van der Waals surface area contributed by atoms with Crippen LogP contribution in [-0.4, -0.2) is 27.5 Å². The molecule has 0 unspecified atom stereocenters. The molecule has 0 aliphatic rings. The maximum atomic E-state index is 13.2. The van der Waals surface area contributed by atoms with Crippen molar-refractivity contribution < 1.29 is 17.9 Å². The van der Waals surface area contributed by atoms with E-state index in [1.165, 1.54) is 25.3 Å². The van der Waals surface area contributed by atoms with Gasteiger partial charge in [-0.25, -0.2) is 8.42 Å². The minimum Gasteiger partial charge on any atom is -0.495 e. The van der Waals surface area contributed by atoms with Gasteiger partial charge in [-0.05, 0) is 48.2 Å². The summed E-state index contributed by atoms with van der Waals surface area (Å²) in [5, 5.41) is 3.04. The van der Waals surface area contributed by atoms with Gasteiger partial charge in [0.15, 0.2) is 0 Å². The highest BCUT2D eigenvalue weighted by Gasteiger charge is 2.27. The first kappa shape index (κ1) is 23.8. The van der Waals surface area contributed by atoms with Crippen molar-refractivity contribution in [3.05, 3.63) is 88.9 Å². The number of benzene rings is 3. The van der Waals surface area contributed by atoms with E-state index in [2.05, 4.69) is 10.0 Å². The third kappa shape index (κ3) is 5.88. The van der Waals surface area contributed by atoms with Gasteiger partial charge < -0.3 is 10.1 Å². The number of halogens is 1. The topological polar surface area (TPSA) is 84.5 Å². The van der Waals surface area contributed by atoms with Crippen molar-refractivity contribution in [3.8, 4) is 5.75 Å². The molecule has 0 heterocycles. The van der Waals surface area contributed by atoms with Crippen LogP contribution in [0.15, 0.2) is 77.7 Å². The Labute approximate surface area is 193 Å². The van der Waals surface area contributed by atoms with Crippen molar-refractivity contribution in [2.24, 2.45) is 0 Å². The van der Waals surface area contributed by atoms with Crippen LogP contribution in [0.1, 0.15) is 18.1 Å². The molecule has 0 radical (unpaired) electrons. The second kappa shape index (κ2) is 10.6. The highest BCUT2D eigenvalue weighted by atomic mass is 35.5. The molecule has 3 aromatic rings. The fraction of sp³-hybridized carbons (Fsp3) is 0.208. The van der Waals surface area contributed by atoms with Gasteiger partial charge in [-0.15, -0.1) is 0 Å². The zero-order valence-corrected chi connectivity index (χ0v) is 19.4. The molecular weight excluding hydrogens is 448 g/mol. The minimum absolute atomic E-state index is 0.0527. The van der Waals surface area contributed by atoms with E-state index in [-0.39, 0.29) is 16.3 Å². The molecule has 1 amide bonds. The van der Waals surface area contributed by atoms with Crippen LogP contribution in [0.4, 0.5) is 5.69 Å². The second-order valence-corrected chi connectivity index (χ2v) is 9.28. The standard InChI is InChI=1S/C24H25ClN2O4S/c1-3-18-11-7-8-12-21(18)26-24(28)22(15-17-9-5-4-6-10-17)27-32(29,30)19-13-14-23(31-2)20(25)16-19/h4-14,16,22,27H,3,15H2,1-2H3,(H,26,28)/t22-/m1/s1. The smallest absolute Gasteiger partial charge is 0.242 e. The molecule has 3 rings (SSSR count). The van der Waals surface area contributed by atoms with E-state index in [0.717, 1.165) is 17.5 Å². The van der Waals surface area contributed by atoms with E-state index in [1.54, 1.807) is 6.07 Å². The Balaban J connectivity index is 1.90. The van der Waals surface area contributed by atoms with Crippen LogP contribution in [0.3, 0.4) is 0 Å². The van der Waals surface area contributed by atoms with Gasteiger partial charge in [-0.2, -0.15) is 4.72 Å². The Morgan fingerprint density at radius 2 is 1.72 bits per heavy atom. The van der Waals surface area contributed by atoms with Gasteiger partial charge in [0.05, 0.1) is 17.0 Å². The van der Waals surface area contributed by atoms with Crippen LogP contribution in [0, 0.1) is 0 Å². The molecule has 3 aromatic carbocycles. The van der Waals surface area contributed by atoms with Gasteiger partial charge >= 0.3 is 0 Å². The summed E-state index contributed by atoms with van der Waals surface area (Å²) in [5.41, 5.74) is 2.45. The van der Waals surface area contributed by atoms with E-state index >= 15 is 0 Å². The quantitative estimate of drug-likeness (QED) is 0.482. The van der Waals surface area contributed by atoms with Gasteiger partial charge in [0.25, 0.3) is 0 Å². The summed E-state index contributed by atoms with van der Waals surface area (Å²) in [4.78, 5) is 13.1. The number of aryl methyl sites for hydroxylation is 1. The highest BCUT2D eigenvalue weighted by molar-refractivity contribution is 7.89. The van der Waals surface area contributed by atoms with E-state index in [0.29, 0.717) is 11.4 Å². The summed E-state index contributed by atoms with van der Waals surface area (Å²) in [5.74, 6) is -0.0849.